The standard InChI is InChI=1S/C17H27BrN2O/c1-4-7-19-9-15-5-6-16(17(18)8-15)12-20-10-13(2)21-14(3)11-20/h5-6,8,13-14,19H,4,7,9-12H2,1-3H3/t13-,14+. The van der Waals surface area contributed by atoms with Crippen LogP contribution >= 0.6 is 15.9 Å². The quantitative estimate of drug-likeness (QED) is 0.790. The van der Waals surface area contributed by atoms with Crippen LogP contribution in [0.25, 0.3) is 0 Å². The largest absolute Gasteiger partial charge is 0.373 e. The SMILES string of the molecule is CCCNCc1ccc(CN2C[C@@H](C)O[C@@H](C)C2)c(Br)c1. The number of ether oxygens (including phenoxy) is 1. The smallest absolute Gasteiger partial charge is 0.0678 e. The lowest BCUT2D eigenvalue weighted by Crippen LogP contribution is -2.44. The first kappa shape index (κ1) is 16.9. The van der Waals surface area contributed by atoms with Gasteiger partial charge < -0.3 is 10.1 Å². The van der Waals surface area contributed by atoms with E-state index in [0.29, 0.717) is 12.2 Å². The number of nitrogens with one attached hydrogen (secondary N) is 1. The molecule has 0 unspecified atom stereocenters. The predicted molar refractivity (Wildman–Crippen MR) is 91.4 cm³/mol. The van der Waals surface area contributed by atoms with Crippen molar-refractivity contribution in [3.63, 3.8) is 0 Å². The summed E-state index contributed by atoms with van der Waals surface area (Å²) in [5, 5.41) is 3.44. The lowest BCUT2D eigenvalue weighted by atomic mass is 10.1. The van der Waals surface area contributed by atoms with E-state index < -0.39 is 0 Å². The zero-order chi connectivity index (χ0) is 15.2. The fourth-order valence-electron chi connectivity index (χ4n) is 2.89. The highest BCUT2D eigenvalue weighted by Crippen LogP contribution is 2.22. The molecule has 2 atom stereocenters. The molecule has 2 rings (SSSR count). The molecule has 1 N–H and O–H groups in total. The molecule has 1 saturated heterocycles. The summed E-state index contributed by atoms with van der Waals surface area (Å²) in [5.41, 5.74) is 2.69. The zero-order valence-corrected chi connectivity index (χ0v) is 14.9. The van der Waals surface area contributed by atoms with E-state index in [2.05, 4.69) is 65.1 Å². The number of rotatable bonds is 6. The van der Waals surface area contributed by atoms with E-state index in [1.54, 1.807) is 0 Å². The monoisotopic (exact) mass is 354 g/mol. The molecular formula is C17H27BrN2O. The van der Waals surface area contributed by atoms with Gasteiger partial charge in [-0.3, -0.25) is 4.90 Å². The molecule has 0 radical (unpaired) electrons. The molecule has 118 valence electrons. The van der Waals surface area contributed by atoms with Crippen molar-refractivity contribution in [1.82, 2.24) is 10.2 Å². The van der Waals surface area contributed by atoms with Crippen LogP contribution in [-0.4, -0.2) is 36.7 Å². The minimum absolute atomic E-state index is 0.324. The molecule has 21 heavy (non-hydrogen) atoms. The summed E-state index contributed by atoms with van der Waals surface area (Å²) in [7, 11) is 0. The van der Waals surface area contributed by atoms with Crippen molar-refractivity contribution < 1.29 is 4.74 Å². The number of benzene rings is 1. The Hall–Kier alpha value is -0.420. The molecular weight excluding hydrogens is 328 g/mol. The van der Waals surface area contributed by atoms with E-state index in [1.165, 1.54) is 22.0 Å². The highest BCUT2D eigenvalue weighted by molar-refractivity contribution is 9.10. The number of nitrogens with zero attached hydrogens (tertiary/aromatic N) is 1. The number of hydrogen-bond donors (Lipinski definition) is 1. The van der Waals surface area contributed by atoms with Gasteiger partial charge in [0.05, 0.1) is 12.2 Å². The summed E-state index contributed by atoms with van der Waals surface area (Å²) in [5.74, 6) is 0. The molecule has 0 saturated carbocycles. The lowest BCUT2D eigenvalue weighted by molar-refractivity contribution is -0.0705. The second kappa shape index (κ2) is 8.28. The predicted octanol–water partition coefficient (Wildman–Crippen LogP) is 3.56. The van der Waals surface area contributed by atoms with Gasteiger partial charge in [-0.25, -0.2) is 0 Å². The van der Waals surface area contributed by atoms with E-state index in [4.69, 9.17) is 4.74 Å². The van der Waals surface area contributed by atoms with E-state index in [-0.39, 0.29) is 0 Å². The van der Waals surface area contributed by atoms with Crippen molar-refractivity contribution in [3.8, 4) is 0 Å². The number of halogens is 1. The molecule has 0 aromatic heterocycles. The van der Waals surface area contributed by atoms with Gasteiger partial charge in [0.25, 0.3) is 0 Å². The van der Waals surface area contributed by atoms with Crippen LogP contribution in [0.1, 0.15) is 38.3 Å². The van der Waals surface area contributed by atoms with Crippen LogP contribution in [0.3, 0.4) is 0 Å². The summed E-state index contributed by atoms with van der Waals surface area (Å²) >= 11 is 3.73. The van der Waals surface area contributed by atoms with Gasteiger partial charge in [0, 0.05) is 30.7 Å². The van der Waals surface area contributed by atoms with Crippen molar-refractivity contribution in [3.05, 3.63) is 33.8 Å². The molecule has 0 aliphatic carbocycles. The summed E-state index contributed by atoms with van der Waals surface area (Å²) in [6, 6.07) is 6.72. The number of hydrogen-bond acceptors (Lipinski definition) is 3. The Morgan fingerprint density at radius 3 is 2.62 bits per heavy atom. The molecule has 1 aromatic rings. The van der Waals surface area contributed by atoms with Crippen LogP contribution in [0.5, 0.6) is 0 Å². The molecule has 1 aliphatic heterocycles. The molecule has 0 amide bonds. The fraction of sp³-hybridized carbons (Fsp3) is 0.647. The van der Waals surface area contributed by atoms with Gasteiger partial charge in [-0.15, -0.1) is 0 Å². The van der Waals surface area contributed by atoms with Crippen LogP contribution in [0.4, 0.5) is 0 Å². The number of morpholine rings is 1. The maximum atomic E-state index is 5.80. The third-order valence-electron chi connectivity index (χ3n) is 3.76. The highest BCUT2D eigenvalue weighted by Gasteiger charge is 2.22. The molecule has 1 aromatic carbocycles. The average Bonchev–Trinajstić information content (AvgIpc) is 2.41. The van der Waals surface area contributed by atoms with Crippen LogP contribution in [0, 0.1) is 0 Å². The first-order valence-corrected chi connectivity index (χ1v) is 8.73. The van der Waals surface area contributed by atoms with Crippen molar-refractivity contribution in [2.75, 3.05) is 19.6 Å². The summed E-state index contributed by atoms with van der Waals surface area (Å²) in [6.07, 6.45) is 1.82. The molecule has 1 aliphatic rings. The molecule has 0 spiro atoms. The molecule has 3 nitrogen and oxygen atoms in total. The highest BCUT2D eigenvalue weighted by atomic mass is 79.9. The summed E-state index contributed by atoms with van der Waals surface area (Å²) in [4.78, 5) is 2.48. The van der Waals surface area contributed by atoms with Gasteiger partial charge in [-0.1, -0.05) is 35.0 Å². The average molecular weight is 355 g/mol. The Morgan fingerprint density at radius 1 is 1.29 bits per heavy atom. The van der Waals surface area contributed by atoms with Gasteiger partial charge in [-0.05, 0) is 44.0 Å². The third kappa shape index (κ3) is 5.37. The lowest BCUT2D eigenvalue weighted by Gasteiger charge is -2.35. The molecule has 4 heteroatoms. The van der Waals surface area contributed by atoms with E-state index >= 15 is 0 Å². The van der Waals surface area contributed by atoms with Crippen LogP contribution in [-0.2, 0) is 17.8 Å². The van der Waals surface area contributed by atoms with E-state index in [0.717, 1.165) is 32.7 Å². The van der Waals surface area contributed by atoms with Crippen molar-refractivity contribution in [2.24, 2.45) is 0 Å². The second-order valence-corrected chi connectivity index (χ2v) is 6.91. The maximum absolute atomic E-state index is 5.80. The zero-order valence-electron chi connectivity index (χ0n) is 13.4. The van der Waals surface area contributed by atoms with E-state index in [1.807, 2.05) is 0 Å². The normalized spacial score (nSPS) is 23.4. The van der Waals surface area contributed by atoms with Crippen molar-refractivity contribution in [2.45, 2.75) is 52.5 Å². The van der Waals surface area contributed by atoms with Crippen LogP contribution < -0.4 is 5.32 Å². The Labute approximate surface area is 137 Å². The van der Waals surface area contributed by atoms with Gasteiger partial charge in [0.2, 0.25) is 0 Å². The Morgan fingerprint density at radius 2 is 2.00 bits per heavy atom. The fourth-order valence-corrected chi connectivity index (χ4v) is 3.44. The molecule has 0 bridgehead atoms. The van der Waals surface area contributed by atoms with Crippen molar-refractivity contribution in [1.29, 1.82) is 0 Å². The molecule has 1 fully saturated rings. The minimum Gasteiger partial charge on any atom is -0.373 e. The van der Waals surface area contributed by atoms with Gasteiger partial charge in [-0.2, -0.15) is 0 Å². The topological polar surface area (TPSA) is 24.5 Å². The van der Waals surface area contributed by atoms with Gasteiger partial charge in [0.1, 0.15) is 0 Å². The minimum atomic E-state index is 0.324. The maximum Gasteiger partial charge on any atom is 0.0678 e. The van der Waals surface area contributed by atoms with Crippen LogP contribution in [0.15, 0.2) is 22.7 Å². The summed E-state index contributed by atoms with van der Waals surface area (Å²) in [6.45, 7) is 11.5. The van der Waals surface area contributed by atoms with Crippen molar-refractivity contribution >= 4 is 15.9 Å². The third-order valence-corrected chi connectivity index (χ3v) is 4.50. The summed E-state index contributed by atoms with van der Waals surface area (Å²) < 4.78 is 7.01. The Bertz CT molecular complexity index is 442. The Balaban J connectivity index is 1.94. The van der Waals surface area contributed by atoms with Gasteiger partial charge >= 0.3 is 0 Å². The Kier molecular flexibility index (Phi) is 6.68. The second-order valence-electron chi connectivity index (χ2n) is 6.05. The van der Waals surface area contributed by atoms with E-state index in [9.17, 15) is 0 Å². The molecule has 1 heterocycles. The first-order valence-electron chi connectivity index (χ1n) is 7.94. The van der Waals surface area contributed by atoms with Gasteiger partial charge in [0.15, 0.2) is 0 Å². The first-order chi connectivity index (χ1) is 10.1. The van der Waals surface area contributed by atoms with Crippen LogP contribution in [0.2, 0.25) is 0 Å².